The van der Waals surface area contributed by atoms with Gasteiger partial charge < -0.3 is 0 Å². The summed E-state index contributed by atoms with van der Waals surface area (Å²) in [5.41, 5.74) is 0. The first kappa shape index (κ1) is 23.3. The molecule has 0 saturated carbocycles. The molecule has 29 heavy (non-hydrogen) atoms. The standard InChI is InChI=1S/C28H5B/c1-2-3-4-5-6-7-8-9-10-11-12-13-14-15-16-17-18-19-20-21-22-23-24-25-26-27-28-29/h28H2,1H3. The maximum absolute atomic E-state index is 5.17. The highest BCUT2D eigenvalue weighted by Crippen LogP contribution is 1.62. The summed E-state index contributed by atoms with van der Waals surface area (Å²) in [5, 5.41) is 0. The van der Waals surface area contributed by atoms with Gasteiger partial charge >= 0.3 is 0 Å². The van der Waals surface area contributed by atoms with Gasteiger partial charge in [0, 0.05) is 47.4 Å². The van der Waals surface area contributed by atoms with E-state index in [0.717, 1.165) is 0 Å². The zero-order chi connectivity index (χ0) is 21.1. The SMILES string of the molecule is [B]CC#CC#CC#CC#CC#CC#CC#CC#CC#CC#CC#CC#CC#CC. The van der Waals surface area contributed by atoms with E-state index in [1.807, 2.05) is 0 Å². The van der Waals surface area contributed by atoms with Gasteiger partial charge in [0.2, 0.25) is 0 Å². The van der Waals surface area contributed by atoms with Crippen molar-refractivity contribution in [2.45, 2.75) is 13.2 Å². The van der Waals surface area contributed by atoms with Crippen LogP contribution in [0.1, 0.15) is 6.92 Å². The predicted octanol–water partition coefficient (Wildman–Crippen LogP) is 0.637. The second-order valence-electron chi connectivity index (χ2n) is 3.63. The molecule has 0 amide bonds. The molecular weight excluding hydrogens is 347 g/mol. The largest absolute Gasteiger partial charge is 0.0987 e. The summed E-state index contributed by atoms with van der Waals surface area (Å²) < 4.78 is 0. The van der Waals surface area contributed by atoms with Gasteiger partial charge in [-0.05, 0) is 108 Å². The van der Waals surface area contributed by atoms with E-state index in [4.69, 9.17) is 7.85 Å². The van der Waals surface area contributed by atoms with Gasteiger partial charge in [-0.2, -0.15) is 0 Å². The minimum absolute atomic E-state index is 0.266. The van der Waals surface area contributed by atoms with Gasteiger partial charge in [-0.15, -0.1) is 0 Å². The zero-order valence-electron chi connectivity index (χ0n) is 15.3. The van der Waals surface area contributed by atoms with Crippen molar-refractivity contribution in [1.29, 1.82) is 0 Å². The highest BCUT2D eigenvalue weighted by atomic mass is 13.6. The summed E-state index contributed by atoms with van der Waals surface area (Å²) in [4.78, 5) is 0. The lowest BCUT2D eigenvalue weighted by atomic mass is 10.1. The highest BCUT2D eigenvalue weighted by molar-refractivity contribution is 6.10. The zero-order valence-corrected chi connectivity index (χ0v) is 15.3. The van der Waals surface area contributed by atoms with Crippen molar-refractivity contribution in [2.75, 3.05) is 0 Å². The molecule has 0 fully saturated rings. The third-order valence-electron chi connectivity index (χ3n) is 1.75. The Morgan fingerprint density at radius 2 is 0.552 bits per heavy atom. The molecule has 0 rings (SSSR count). The first-order valence-corrected chi connectivity index (χ1v) is 7.51. The van der Waals surface area contributed by atoms with Crippen LogP contribution in [0.3, 0.4) is 0 Å². The first-order valence-electron chi connectivity index (χ1n) is 7.51. The average Bonchev–Trinajstić information content (AvgIpc) is 2.74. The van der Waals surface area contributed by atoms with Crippen LogP contribution in [0.5, 0.6) is 0 Å². The van der Waals surface area contributed by atoms with Gasteiger partial charge in [0.25, 0.3) is 0 Å². The first-order chi connectivity index (χ1) is 14.4. The molecule has 1 heteroatoms. The molecule has 0 aromatic heterocycles. The van der Waals surface area contributed by atoms with Gasteiger partial charge in [-0.3, -0.25) is 0 Å². The molecule has 0 heterocycles. The van der Waals surface area contributed by atoms with Crippen molar-refractivity contribution < 1.29 is 0 Å². The third kappa shape index (κ3) is 22.3. The normalized spacial score (nSPS) is 4.17. The molecule has 0 saturated heterocycles. The predicted molar refractivity (Wildman–Crippen MR) is 117 cm³/mol. The number of hydrogen-bond acceptors (Lipinski definition) is 0. The molecular formula is C28H5B. The average molecular weight is 352 g/mol. The van der Waals surface area contributed by atoms with Crippen LogP contribution >= 0.6 is 0 Å². The molecule has 0 spiro atoms. The van der Waals surface area contributed by atoms with Gasteiger partial charge in [0.05, 0.1) is 7.85 Å². The summed E-state index contributed by atoms with van der Waals surface area (Å²) in [5.74, 6) is 65.4. The lowest BCUT2D eigenvalue weighted by Gasteiger charge is -1.60. The molecule has 0 aliphatic heterocycles. The lowest BCUT2D eigenvalue weighted by Crippen LogP contribution is -1.58. The number of hydrogen-bond donors (Lipinski definition) is 0. The van der Waals surface area contributed by atoms with Crippen molar-refractivity contribution in [3.05, 3.63) is 0 Å². The fourth-order valence-corrected chi connectivity index (χ4v) is 0.845. The van der Waals surface area contributed by atoms with Gasteiger partial charge in [-0.1, -0.05) is 11.8 Å². The molecule has 0 nitrogen and oxygen atoms in total. The fraction of sp³-hybridized carbons (Fsp3) is 0.0714. The monoisotopic (exact) mass is 352 g/mol. The Hall–Kier alpha value is -5.66. The van der Waals surface area contributed by atoms with E-state index in [0.29, 0.717) is 0 Å². The fourth-order valence-electron chi connectivity index (χ4n) is 0.845. The van der Waals surface area contributed by atoms with Crippen LogP contribution in [0.25, 0.3) is 0 Å². The summed E-state index contributed by atoms with van der Waals surface area (Å²) in [7, 11) is 5.17. The maximum atomic E-state index is 5.17. The summed E-state index contributed by atoms with van der Waals surface area (Å²) in [6, 6.07) is 0. The molecule has 0 aliphatic carbocycles. The van der Waals surface area contributed by atoms with E-state index in [-0.39, 0.29) is 6.32 Å². The van der Waals surface area contributed by atoms with Crippen molar-refractivity contribution >= 4 is 7.85 Å². The molecule has 0 atom stereocenters. The van der Waals surface area contributed by atoms with E-state index in [1.54, 1.807) is 6.92 Å². The molecule has 2 radical (unpaired) electrons. The Balaban J connectivity index is 4.43. The van der Waals surface area contributed by atoms with Crippen LogP contribution in [0.4, 0.5) is 0 Å². The molecule has 120 valence electrons. The Bertz CT molecular complexity index is 1450. The Morgan fingerprint density at radius 1 is 0.345 bits per heavy atom. The van der Waals surface area contributed by atoms with Gasteiger partial charge in [0.15, 0.2) is 0 Å². The van der Waals surface area contributed by atoms with Gasteiger partial charge in [-0.25, -0.2) is 0 Å². The van der Waals surface area contributed by atoms with Crippen molar-refractivity contribution in [2.24, 2.45) is 0 Å². The second kappa shape index (κ2) is 22.3. The summed E-state index contributed by atoms with van der Waals surface area (Å²) in [6.45, 7) is 1.69. The molecule has 0 N–H and O–H groups in total. The second-order valence-corrected chi connectivity index (χ2v) is 3.63. The van der Waals surface area contributed by atoms with Crippen molar-refractivity contribution in [1.82, 2.24) is 0 Å². The molecule has 0 bridgehead atoms. The van der Waals surface area contributed by atoms with E-state index in [9.17, 15) is 0 Å². The van der Waals surface area contributed by atoms with E-state index in [1.165, 1.54) is 0 Å². The Morgan fingerprint density at radius 3 is 0.759 bits per heavy atom. The van der Waals surface area contributed by atoms with E-state index < -0.39 is 0 Å². The van der Waals surface area contributed by atoms with Crippen molar-refractivity contribution in [3.63, 3.8) is 0 Å². The quantitative estimate of drug-likeness (QED) is 0.444. The molecule has 0 aliphatic rings. The van der Waals surface area contributed by atoms with E-state index >= 15 is 0 Å². The smallest absolute Gasteiger partial charge is 0.0828 e. The van der Waals surface area contributed by atoms with Crippen LogP contribution in [0.2, 0.25) is 6.32 Å². The van der Waals surface area contributed by atoms with Crippen molar-refractivity contribution in [3.8, 4) is 154 Å². The minimum atomic E-state index is 0.266. The summed E-state index contributed by atoms with van der Waals surface area (Å²) >= 11 is 0. The van der Waals surface area contributed by atoms with Gasteiger partial charge in [0.1, 0.15) is 0 Å². The highest BCUT2D eigenvalue weighted by Gasteiger charge is 1.60. The number of rotatable bonds is 0. The van der Waals surface area contributed by atoms with E-state index in [2.05, 4.69) is 154 Å². The molecule has 0 unspecified atom stereocenters. The Kier molecular flexibility index (Phi) is 18.0. The third-order valence-corrected chi connectivity index (χ3v) is 1.75. The molecule has 0 aromatic carbocycles. The van der Waals surface area contributed by atoms with Crippen LogP contribution in [0.15, 0.2) is 0 Å². The maximum Gasteiger partial charge on any atom is 0.0828 e. The van der Waals surface area contributed by atoms with Crippen LogP contribution in [0, 0.1) is 154 Å². The van der Waals surface area contributed by atoms with Crippen LogP contribution < -0.4 is 0 Å². The van der Waals surface area contributed by atoms with Crippen LogP contribution in [-0.2, 0) is 0 Å². The Labute approximate surface area is 175 Å². The summed E-state index contributed by atoms with van der Waals surface area (Å²) in [6.07, 6.45) is 0.266. The minimum Gasteiger partial charge on any atom is -0.0987 e. The van der Waals surface area contributed by atoms with Crippen LogP contribution in [-0.4, -0.2) is 7.85 Å². The topological polar surface area (TPSA) is 0 Å². The lowest BCUT2D eigenvalue weighted by molar-refractivity contribution is 1.88. The molecule has 0 aromatic rings.